The Bertz CT molecular complexity index is 526. The Morgan fingerprint density at radius 3 is 2.06 bits per heavy atom. The number of rotatable bonds is 2. The lowest BCUT2D eigenvalue weighted by Crippen LogP contribution is -2.03. The monoisotopic (exact) mass is 248 g/mol. The molecule has 2 aromatic carbocycles. The van der Waals surface area contributed by atoms with E-state index in [0.717, 1.165) is 0 Å². The number of ketones is 1. The number of nitrogens with two attached hydrogens (primary N) is 2. The molecule has 0 aromatic heterocycles. The second kappa shape index (κ2) is 5.37. The molecular formula is C13H13ClN2O. The first-order chi connectivity index (χ1) is 7.68. The highest BCUT2D eigenvalue weighted by Crippen LogP contribution is 2.18. The number of nitrogen functional groups attached to an aromatic ring is 2. The van der Waals surface area contributed by atoms with Crippen molar-refractivity contribution in [2.24, 2.45) is 0 Å². The van der Waals surface area contributed by atoms with Crippen LogP contribution in [0, 0.1) is 0 Å². The molecule has 0 radical (unpaired) electrons. The van der Waals surface area contributed by atoms with Gasteiger partial charge in [0, 0.05) is 11.1 Å². The largest absolute Gasteiger partial charge is 0.397 e. The van der Waals surface area contributed by atoms with E-state index in [-0.39, 0.29) is 18.2 Å². The van der Waals surface area contributed by atoms with E-state index in [0.29, 0.717) is 22.5 Å². The van der Waals surface area contributed by atoms with Crippen LogP contribution in [-0.2, 0) is 0 Å². The van der Waals surface area contributed by atoms with Crippen molar-refractivity contribution in [3.8, 4) is 0 Å². The van der Waals surface area contributed by atoms with E-state index in [1.165, 1.54) is 0 Å². The molecule has 3 nitrogen and oxygen atoms in total. The Morgan fingerprint density at radius 2 is 1.47 bits per heavy atom. The number of halogens is 1. The molecule has 0 heterocycles. The van der Waals surface area contributed by atoms with Crippen molar-refractivity contribution in [3.05, 3.63) is 59.7 Å². The van der Waals surface area contributed by atoms with Crippen molar-refractivity contribution in [2.45, 2.75) is 0 Å². The maximum absolute atomic E-state index is 12.0. The molecule has 0 spiro atoms. The fraction of sp³-hybridized carbons (Fsp3) is 0. The normalized spacial score (nSPS) is 9.41. The van der Waals surface area contributed by atoms with Crippen LogP contribution in [0.2, 0.25) is 0 Å². The zero-order chi connectivity index (χ0) is 11.5. The van der Waals surface area contributed by atoms with Crippen molar-refractivity contribution in [1.82, 2.24) is 0 Å². The van der Waals surface area contributed by atoms with E-state index < -0.39 is 0 Å². The van der Waals surface area contributed by atoms with E-state index in [1.54, 1.807) is 30.3 Å². The number of hydrogen-bond donors (Lipinski definition) is 2. The quantitative estimate of drug-likeness (QED) is 0.634. The van der Waals surface area contributed by atoms with Crippen LogP contribution in [0.5, 0.6) is 0 Å². The SMILES string of the molecule is Cl.Nc1ccc(C(=O)c2ccccc2)cc1N. The van der Waals surface area contributed by atoms with Crippen LogP contribution in [0.3, 0.4) is 0 Å². The predicted molar refractivity (Wildman–Crippen MR) is 72.4 cm³/mol. The summed E-state index contributed by atoms with van der Waals surface area (Å²) in [6, 6.07) is 14.0. The summed E-state index contributed by atoms with van der Waals surface area (Å²) in [6.07, 6.45) is 0. The molecule has 0 atom stereocenters. The molecule has 0 aliphatic carbocycles. The predicted octanol–water partition coefficient (Wildman–Crippen LogP) is 2.50. The molecule has 2 rings (SSSR count). The van der Waals surface area contributed by atoms with Crippen LogP contribution in [0.4, 0.5) is 11.4 Å². The van der Waals surface area contributed by atoms with Crippen LogP contribution < -0.4 is 11.5 Å². The van der Waals surface area contributed by atoms with Crippen LogP contribution in [0.15, 0.2) is 48.5 Å². The van der Waals surface area contributed by atoms with Crippen molar-refractivity contribution in [3.63, 3.8) is 0 Å². The topological polar surface area (TPSA) is 69.1 Å². The summed E-state index contributed by atoms with van der Waals surface area (Å²) < 4.78 is 0. The molecule has 0 aliphatic heterocycles. The molecule has 0 unspecified atom stereocenters. The molecule has 0 fully saturated rings. The van der Waals surface area contributed by atoms with Crippen LogP contribution in [0.25, 0.3) is 0 Å². The van der Waals surface area contributed by atoms with Gasteiger partial charge in [0.05, 0.1) is 11.4 Å². The van der Waals surface area contributed by atoms with E-state index in [9.17, 15) is 4.79 Å². The molecule has 0 saturated carbocycles. The lowest BCUT2D eigenvalue weighted by molar-refractivity contribution is 0.103. The molecule has 88 valence electrons. The maximum Gasteiger partial charge on any atom is 0.193 e. The molecule has 0 aliphatic rings. The highest BCUT2D eigenvalue weighted by Gasteiger charge is 2.09. The fourth-order valence-electron chi connectivity index (χ4n) is 1.47. The number of carbonyl (C=O) groups excluding carboxylic acids is 1. The highest BCUT2D eigenvalue weighted by atomic mass is 35.5. The van der Waals surface area contributed by atoms with Crippen LogP contribution >= 0.6 is 12.4 Å². The van der Waals surface area contributed by atoms with Gasteiger partial charge in [-0.2, -0.15) is 0 Å². The molecule has 0 bridgehead atoms. The third-order valence-electron chi connectivity index (χ3n) is 2.38. The van der Waals surface area contributed by atoms with Crippen LogP contribution in [-0.4, -0.2) is 5.78 Å². The summed E-state index contributed by atoms with van der Waals surface area (Å²) in [5, 5.41) is 0. The molecular weight excluding hydrogens is 236 g/mol. The van der Waals surface area contributed by atoms with Crippen LogP contribution in [0.1, 0.15) is 15.9 Å². The van der Waals surface area contributed by atoms with Gasteiger partial charge in [-0.25, -0.2) is 0 Å². The zero-order valence-corrected chi connectivity index (χ0v) is 9.91. The van der Waals surface area contributed by atoms with Gasteiger partial charge in [-0.1, -0.05) is 30.3 Å². The van der Waals surface area contributed by atoms with E-state index in [1.807, 2.05) is 18.2 Å². The Balaban J connectivity index is 0.00000144. The highest BCUT2D eigenvalue weighted by molar-refractivity contribution is 6.09. The number of hydrogen-bond acceptors (Lipinski definition) is 3. The average molecular weight is 249 g/mol. The van der Waals surface area contributed by atoms with Gasteiger partial charge < -0.3 is 11.5 Å². The second-order valence-electron chi connectivity index (χ2n) is 3.54. The lowest BCUT2D eigenvalue weighted by Gasteiger charge is -2.04. The Morgan fingerprint density at radius 1 is 0.824 bits per heavy atom. The molecule has 0 saturated heterocycles. The van der Waals surface area contributed by atoms with Gasteiger partial charge in [-0.15, -0.1) is 12.4 Å². The number of anilines is 2. The molecule has 17 heavy (non-hydrogen) atoms. The fourth-order valence-corrected chi connectivity index (χ4v) is 1.47. The minimum absolute atomic E-state index is 0. The third kappa shape index (κ3) is 2.77. The van der Waals surface area contributed by atoms with Gasteiger partial charge in [0.25, 0.3) is 0 Å². The minimum atomic E-state index is -0.0488. The molecule has 4 N–H and O–H groups in total. The number of carbonyl (C=O) groups is 1. The lowest BCUT2D eigenvalue weighted by atomic mass is 10.0. The van der Waals surface area contributed by atoms with E-state index >= 15 is 0 Å². The van der Waals surface area contributed by atoms with E-state index in [2.05, 4.69) is 0 Å². The molecule has 4 heteroatoms. The van der Waals surface area contributed by atoms with Gasteiger partial charge in [-0.3, -0.25) is 4.79 Å². The summed E-state index contributed by atoms with van der Waals surface area (Å²) in [7, 11) is 0. The first-order valence-electron chi connectivity index (χ1n) is 4.93. The van der Waals surface area contributed by atoms with Gasteiger partial charge >= 0.3 is 0 Å². The van der Waals surface area contributed by atoms with Crippen molar-refractivity contribution in [2.75, 3.05) is 11.5 Å². The van der Waals surface area contributed by atoms with E-state index in [4.69, 9.17) is 11.5 Å². The van der Waals surface area contributed by atoms with Gasteiger partial charge in [-0.05, 0) is 18.2 Å². The summed E-state index contributed by atoms with van der Waals surface area (Å²) >= 11 is 0. The summed E-state index contributed by atoms with van der Waals surface area (Å²) in [6.45, 7) is 0. The minimum Gasteiger partial charge on any atom is -0.397 e. The Kier molecular flexibility index (Phi) is 4.12. The molecule has 2 aromatic rings. The first-order valence-corrected chi connectivity index (χ1v) is 4.93. The molecule has 0 amide bonds. The summed E-state index contributed by atoms with van der Waals surface area (Å²) in [5.41, 5.74) is 13.4. The average Bonchev–Trinajstić information content (AvgIpc) is 2.33. The summed E-state index contributed by atoms with van der Waals surface area (Å²) in [5.74, 6) is -0.0488. The van der Waals surface area contributed by atoms with Crippen molar-refractivity contribution in [1.29, 1.82) is 0 Å². The van der Waals surface area contributed by atoms with Crippen molar-refractivity contribution < 1.29 is 4.79 Å². The summed E-state index contributed by atoms with van der Waals surface area (Å²) in [4.78, 5) is 12.0. The van der Waals surface area contributed by atoms with Crippen molar-refractivity contribution >= 4 is 29.6 Å². The van der Waals surface area contributed by atoms with Gasteiger partial charge in [0.1, 0.15) is 0 Å². The Hall–Kier alpha value is -2.00. The smallest absolute Gasteiger partial charge is 0.193 e. The zero-order valence-electron chi connectivity index (χ0n) is 9.09. The standard InChI is InChI=1S/C13H12N2O.ClH/c14-11-7-6-10(8-12(11)15)13(16)9-4-2-1-3-5-9;/h1-8H,14-15H2;1H. The first kappa shape index (κ1) is 13.1. The van der Waals surface area contributed by atoms with Gasteiger partial charge in [0.15, 0.2) is 5.78 Å². The number of benzene rings is 2. The maximum atomic E-state index is 12.0. The second-order valence-corrected chi connectivity index (χ2v) is 3.54. The Labute approximate surface area is 106 Å². The van der Waals surface area contributed by atoms with Gasteiger partial charge in [0.2, 0.25) is 0 Å². The third-order valence-corrected chi connectivity index (χ3v) is 2.38.